The predicted octanol–water partition coefficient (Wildman–Crippen LogP) is 0.487. The summed E-state index contributed by atoms with van der Waals surface area (Å²) < 4.78 is 1.83. The molecule has 0 unspecified atom stereocenters. The normalized spacial score (nSPS) is 10.5. The van der Waals surface area contributed by atoms with Gasteiger partial charge in [0.2, 0.25) is 5.91 Å². The highest BCUT2D eigenvalue weighted by Crippen LogP contribution is 1.95. The van der Waals surface area contributed by atoms with E-state index in [4.69, 9.17) is 0 Å². The number of aryl methyl sites for hydroxylation is 1. The molecule has 4 nitrogen and oxygen atoms in total. The number of nitrogens with one attached hydrogen (secondary N) is 1. The number of carbonyl (C=O) groups is 1. The van der Waals surface area contributed by atoms with Gasteiger partial charge >= 0.3 is 0 Å². The zero-order valence-corrected chi connectivity index (χ0v) is 8.24. The van der Waals surface area contributed by atoms with Crippen LogP contribution in [0.15, 0.2) is 12.5 Å². The van der Waals surface area contributed by atoms with Crippen molar-refractivity contribution in [2.45, 2.75) is 26.3 Å². The van der Waals surface area contributed by atoms with E-state index in [1.807, 2.05) is 31.7 Å². The van der Waals surface area contributed by atoms with E-state index < -0.39 is 0 Å². The summed E-state index contributed by atoms with van der Waals surface area (Å²) in [7, 11) is 1.89. The van der Waals surface area contributed by atoms with Gasteiger partial charge < -0.3 is 9.88 Å². The van der Waals surface area contributed by atoms with Crippen LogP contribution in [-0.4, -0.2) is 21.5 Å². The first kappa shape index (κ1) is 9.77. The maximum atomic E-state index is 11.3. The summed E-state index contributed by atoms with van der Waals surface area (Å²) in [6.45, 7) is 3.88. The molecule has 1 amide bonds. The van der Waals surface area contributed by atoms with Gasteiger partial charge in [0, 0.05) is 19.3 Å². The SMILES string of the molecule is CC(C)NC(=O)Cc1cn(C)cn1. The molecule has 0 radical (unpaired) electrons. The molecule has 0 saturated carbocycles. The second-order valence-corrected chi connectivity index (χ2v) is 3.43. The summed E-state index contributed by atoms with van der Waals surface area (Å²) >= 11 is 0. The minimum absolute atomic E-state index is 0.0219. The Labute approximate surface area is 78.0 Å². The van der Waals surface area contributed by atoms with Crippen LogP contribution in [0.1, 0.15) is 19.5 Å². The number of nitrogens with zero attached hydrogens (tertiary/aromatic N) is 2. The molecule has 0 aliphatic rings. The topological polar surface area (TPSA) is 46.9 Å². The molecule has 4 heteroatoms. The van der Waals surface area contributed by atoms with Gasteiger partial charge in [0.15, 0.2) is 0 Å². The van der Waals surface area contributed by atoms with Crippen molar-refractivity contribution in [3.8, 4) is 0 Å². The standard InChI is InChI=1S/C9H15N3O/c1-7(2)11-9(13)4-8-5-12(3)6-10-8/h5-7H,4H2,1-3H3,(H,11,13). The van der Waals surface area contributed by atoms with Crippen LogP contribution >= 0.6 is 0 Å². The first-order valence-electron chi connectivity index (χ1n) is 4.34. The molecule has 1 aromatic rings. The zero-order chi connectivity index (χ0) is 9.84. The fourth-order valence-electron chi connectivity index (χ4n) is 1.10. The van der Waals surface area contributed by atoms with Crippen molar-refractivity contribution in [3.63, 3.8) is 0 Å². The zero-order valence-electron chi connectivity index (χ0n) is 8.24. The Hall–Kier alpha value is -1.32. The molecule has 0 fully saturated rings. The van der Waals surface area contributed by atoms with Gasteiger partial charge in [-0.3, -0.25) is 4.79 Å². The van der Waals surface area contributed by atoms with E-state index in [1.54, 1.807) is 6.33 Å². The molecule has 0 saturated heterocycles. The summed E-state index contributed by atoms with van der Waals surface area (Å²) in [5.41, 5.74) is 0.806. The van der Waals surface area contributed by atoms with Crippen LogP contribution in [0.25, 0.3) is 0 Å². The van der Waals surface area contributed by atoms with Gasteiger partial charge in [-0.25, -0.2) is 4.98 Å². The summed E-state index contributed by atoms with van der Waals surface area (Å²) in [5, 5.41) is 2.81. The van der Waals surface area contributed by atoms with Gasteiger partial charge in [-0.15, -0.1) is 0 Å². The summed E-state index contributed by atoms with van der Waals surface area (Å²) in [5.74, 6) is 0.0219. The molecule has 13 heavy (non-hydrogen) atoms. The fraction of sp³-hybridized carbons (Fsp3) is 0.556. The molecule has 1 N–H and O–H groups in total. The lowest BCUT2D eigenvalue weighted by Gasteiger charge is -2.06. The molecule has 0 atom stereocenters. The van der Waals surface area contributed by atoms with Crippen LogP contribution in [0.2, 0.25) is 0 Å². The van der Waals surface area contributed by atoms with Gasteiger partial charge in [0.25, 0.3) is 0 Å². The second kappa shape index (κ2) is 4.07. The van der Waals surface area contributed by atoms with Crippen LogP contribution in [0.5, 0.6) is 0 Å². The van der Waals surface area contributed by atoms with Crippen molar-refractivity contribution in [1.29, 1.82) is 0 Å². The van der Waals surface area contributed by atoms with Crippen molar-refractivity contribution < 1.29 is 4.79 Å². The van der Waals surface area contributed by atoms with Crippen LogP contribution < -0.4 is 5.32 Å². The van der Waals surface area contributed by atoms with Crippen LogP contribution in [-0.2, 0) is 18.3 Å². The Morgan fingerprint density at radius 1 is 1.69 bits per heavy atom. The van der Waals surface area contributed by atoms with Gasteiger partial charge in [-0.05, 0) is 13.8 Å². The van der Waals surface area contributed by atoms with E-state index in [0.29, 0.717) is 6.42 Å². The Morgan fingerprint density at radius 3 is 2.85 bits per heavy atom. The largest absolute Gasteiger partial charge is 0.354 e. The van der Waals surface area contributed by atoms with Crippen LogP contribution in [0.4, 0.5) is 0 Å². The molecule has 0 spiro atoms. The monoisotopic (exact) mass is 181 g/mol. The molecule has 0 bridgehead atoms. The van der Waals surface area contributed by atoms with Crippen molar-refractivity contribution in [2.75, 3.05) is 0 Å². The van der Waals surface area contributed by atoms with Crippen molar-refractivity contribution in [1.82, 2.24) is 14.9 Å². The lowest BCUT2D eigenvalue weighted by Crippen LogP contribution is -2.31. The molecule has 1 aromatic heterocycles. The van der Waals surface area contributed by atoms with Gasteiger partial charge in [0.05, 0.1) is 18.4 Å². The van der Waals surface area contributed by atoms with E-state index in [2.05, 4.69) is 10.3 Å². The van der Waals surface area contributed by atoms with Crippen LogP contribution in [0, 0.1) is 0 Å². The number of hydrogen-bond donors (Lipinski definition) is 1. The van der Waals surface area contributed by atoms with E-state index in [1.165, 1.54) is 0 Å². The third-order valence-corrected chi connectivity index (χ3v) is 1.55. The molecular weight excluding hydrogens is 166 g/mol. The summed E-state index contributed by atoms with van der Waals surface area (Å²) in [6.07, 6.45) is 3.90. The first-order chi connectivity index (χ1) is 6.08. The van der Waals surface area contributed by atoms with Crippen molar-refractivity contribution >= 4 is 5.91 Å². The Balaban J connectivity index is 2.45. The third-order valence-electron chi connectivity index (χ3n) is 1.55. The fourth-order valence-corrected chi connectivity index (χ4v) is 1.10. The van der Waals surface area contributed by atoms with Gasteiger partial charge in [-0.1, -0.05) is 0 Å². The number of hydrogen-bond acceptors (Lipinski definition) is 2. The van der Waals surface area contributed by atoms with Crippen molar-refractivity contribution in [2.24, 2.45) is 7.05 Å². The molecule has 1 rings (SSSR count). The third kappa shape index (κ3) is 3.27. The first-order valence-corrected chi connectivity index (χ1v) is 4.34. The Morgan fingerprint density at radius 2 is 2.38 bits per heavy atom. The minimum Gasteiger partial charge on any atom is -0.354 e. The van der Waals surface area contributed by atoms with Crippen molar-refractivity contribution in [3.05, 3.63) is 18.2 Å². The molecule has 72 valence electrons. The van der Waals surface area contributed by atoms with Gasteiger partial charge in [-0.2, -0.15) is 0 Å². The molecular formula is C9H15N3O. The average molecular weight is 181 g/mol. The lowest BCUT2D eigenvalue weighted by molar-refractivity contribution is -0.120. The summed E-state index contributed by atoms with van der Waals surface area (Å²) in [4.78, 5) is 15.3. The number of carbonyl (C=O) groups excluding carboxylic acids is 1. The maximum absolute atomic E-state index is 11.3. The highest BCUT2D eigenvalue weighted by molar-refractivity contribution is 5.78. The smallest absolute Gasteiger partial charge is 0.226 e. The molecule has 0 aliphatic carbocycles. The van der Waals surface area contributed by atoms with E-state index >= 15 is 0 Å². The van der Waals surface area contributed by atoms with Crippen LogP contribution in [0.3, 0.4) is 0 Å². The number of imidazole rings is 1. The highest BCUT2D eigenvalue weighted by Gasteiger charge is 2.06. The molecule has 1 heterocycles. The van der Waals surface area contributed by atoms with E-state index in [-0.39, 0.29) is 11.9 Å². The lowest BCUT2D eigenvalue weighted by atomic mass is 10.3. The van der Waals surface area contributed by atoms with Gasteiger partial charge in [0.1, 0.15) is 0 Å². The highest BCUT2D eigenvalue weighted by atomic mass is 16.1. The number of aromatic nitrogens is 2. The maximum Gasteiger partial charge on any atom is 0.226 e. The minimum atomic E-state index is 0.0219. The van der Waals surface area contributed by atoms with E-state index in [9.17, 15) is 4.79 Å². The quantitative estimate of drug-likeness (QED) is 0.737. The predicted molar refractivity (Wildman–Crippen MR) is 50.2 cm³/mol. The molecule has 0 aliphatic heterocycles. The second-order valence-electron chi connectivity index (χ2n) is 3.43. The Kier molecular flexibility index (Phi) is 3.06. The number of amides is 1. The van der Waals surface area contributed by atoms with E-state index in [0.717, 1.165) is 5.69 Å². The molecule has 0 aromatic carbocycles. The average Bonchev–Trinajstić information content (AvgIpc) is 2.33. The Bertz CT molecular complexity index is 291. The summed E-state index contributed by atoms with van der Waals surface area (Å²) in [6, 6.07) is 0.191. The number of rotatable bonds is 3.